The van der Waals surface area contributed by atoms with Crippen molar-refractivity contribution in [3.8, 4) is 0 Å². The third-order valence-corrected chi connectivity index (χ3v) is 4.40. The van der Waals surface area contributed by atoms with Crippen LogP contribution in [0.4, 0.5) is 0 Å². The largest absolute Gasteiger partial charge is 0.379 e. The van der Waals surface area contributed by atoms with Crippen molar-refractivity contribution < 1.29 is 4.74 Å². The monoisotopic (exact) mass is 233 g/mol. The molecule has 1 aliphatic rings. The van der Waals surface area contributed by atoms with Gasteiger partial charge in [-0.3, -0.25) is 0 Å². The van der Waals surface area contributed by atoms with Crippen LogP contribution in [-0.4, -0.2) is 19.8 Å². The second-order valence-corrected chi connectivity index (χ2v) is 5.98. The van der Waals surface area contributed by atoms with Gasteiger partial charge in [0.15, 0.2) is 0 Å². The lowest BCUT2D eigenvalue weighted by Gasteiger charge is -2.53. The molecule has 0 bridgehead atoms. The molecule has 94 valence electrons. The van der Waals surface area contributed by atoms with Crippen LogP contribution in [0.25, 0.3) is 0 Å². The molecule has 2 heteroatoms. The van der Waals surface area contributed by atoms with Gasteiger partial charge in [-0.2, -0.15) is 0 Å². The molecule has 0 amide bonds. The number of nitrogens with two attached hydrogens (primary N) is 1. The van der Waals surface area contributed by atoms with Crippen LogP contribution in [-0.2, 0) is 10.2 Å². The highest BCUT2D eigenvalue weighted by Crippen LogP contribution is 2.47. The van der Waals surface area contributed by atoms with E-state index in [0.717, 1.165) is 13.2 Å². The predicted octanol–water partition coefficient (Wildman–Crippen LogP) is 2.56. The maximum atomic E-state index is 5.96. The van der Waals surface area contributed by atoms with E-state index in [0.29, 0.717) is 6.54 Å². The van der Waals surface area contributed by atoms with Gasteiger partial charge >= 0.3 is 0 Å². The van der Waals surface area contributed by atoms with Crippen molar-refractivity contribution in [1.29, 1.82) is 0 Å². The third kappa shape index (κ3) is 1.80. The molecule has 1 fully saturated rings. The number of hydrogen-bond donors (Lipinski definition) is 1. The molecule has 1 aliphatic heterocycles. The number of hydrogen-bond acceptors (Lipinski definition) is 2. The first-order chi connectivity index (χ1) is 7.93. The Morgan fingerprint density at radius 2 is 1.94 bits per heavy atom. The number of benzene rings is 1. The Hall–Kier alpha value is -0.860. The van der Waals surface area contributed by atoms with Crippen LogP contribution in [0.5, 0.6) is 0 Å². The molecule has 2 nitrogen and oxygen atoms in total. The van der Waals surface area contributed by atoms with Crippen LogP contribution < -0.4 is 5.73 Å². The molecule has 0 aliphatic carbocycles. The summed E-state index contributed by atoms with van der Waals surface area (Å²) >= 11 is 0. The number of ether oxygens (including phenoxy) is 1. The van der Waals surface area contributed by atoms with E-state index in [1.54, 1.807) is 0 Å². The smallest absolute Gasteiger partial charge is 0.0591 e. The van der Waals surface area contributed by atoms with Crippen molar-refractivity contribution in [2.75, 3.05) is 19.8 Å². The van der Waals surface area contributed by atoms with Gasteiger partial charge in [0.2, 0.25) is 0 Å². The Morgan fingerprint density at radius 3 is 2.35 bits per heavy atom. The zero-order chi connectivity index (χ0) is 12.7. The van der Waals surface area contributed by atoms with Gasteiger partial charge in [-0.25, -0.2) is 0 Å². The lowest BCUT2D eigenvalue weighted by atomic mass is 9.59. The maximum absolute atomic E-state index is 5.96. The fourth-order valence-electron chi connectivity index (χ4n) is 2.76. The summed E-state index contributed by atoms with van der Waals surface area (Å²) in [6.07, 6.45) is 0. The topological polar surface area (TPSA) is 35.2 Å². The minimum absolute atomic E-state index is 0.0747. The van der Waals surface area contributed by atoms with E-state index in [9.17, 15) is 0 Å². The summed E-state index contributed by atoms with van der Waals surface area (Å²) in [4.78, 5) is 0. The van der Waals surface area contributed by atoms with Gasteiger partial charge in [0.05, 0.1) is 13.2 Å². The fourth-order valence-corrected chi connectivity index (χ4v) is 2.76. The highest BCUT2D eigenvalue weighted by atomic mass is 16.5. The van der Waals surface area contributed by atoms with Crippen LogP contribution in [0.15, 0.2) is 18.2 Å². The van der Waals surface area contributed by atoms with Gasteiger partial charge in [0.1, 0.15) is 0 Å². The van der Waals surface area contributed by atoms with Crippen LogP contribution in [0, 0.1) is 19.3 Å². The first-order valence-electron chi connectivity index (χ1n) is 6.28. The lowest BCUT2D eigenvalue weighted by molar-refractivity contribution is -0.116. The molecule has 1 heterocycles. The standard InChI is InChI=1S/C15H23NO/c1-11-5-6-13(12(2)7-11)15(9-17-10-15)14(3,4)8-16/h5-7H,8-10,16H2,1-4H3. The molecule has 0 spiro atoms. The minimum atomic E-state index is 0.0747. The molecule has 17 heavy (non-hydrogen) atoms. The molecule has 0 aromatic heterocycles. The van der Waals surface area contributed by atoms with Crippen molar-refractivity contribution >= 4 is 0 Å². The molecule has 0 radical (unpaired) electrons. The molecule has 1 aromatic rings. The van der Waals surface area contributed by atoms with Gasteiger partial charge in [-0.1, -0.05) is 37.6 Å². The Morgan fingerprint density at radius 1 is 1.29 bits per heavy atom. The second kappa shape index (κ2) is 4.11. The van der Waals surface area contributed by atoms with Crippen molar-refractivity contribution in [3.63, 3.8) is 0 Å². The summed E-state index contributed by atoms with van der Waals surface area (Å²) < 4.78 is 5.51. The molecular formula is C15H23NO. The summed E-state index contributed by atoms with van der Waals surface area (Å²) in [5, 5.41) is 0. The zero-order valence-corrected chi connectivity index (χ0v) is 11.3. The average Bonchev–Trinajstić information content (AvgIpc) is 2.19. The highest BCUT2D eigenvalue weighted by Gasteiger charge is 2.51. The quantitative estimate of drug-likeness (QED) is 0.871. The van der Waals surface area contributed by atoms with E-state index < -0.39 is 0 Å². The fraction of sp³-hybridized carbons (Fsp3) is 0.600. The maximum Gasteiger partial charge on any atom is 0.0591 e. The summed E-state index contributed by atoms with van der Waals surface area (Å²) in [5.74, 6) is 0. The predicted molar refractivity (Wildman–Crippen MR) is 71.2 cm³/mol. The van der Waals surface area contributed by atoms with Gasteiger partial charge < -0.3 is 10.5 Å². The summed E-state index contributed by atoms with van der Waals surface area (Å²) in [6, 6.07) is 6.70. The first-order valence-corrected chi connectivity index (χ1v) is 6.28. The van der Waals surface area contributed by atoms with Gasteiger partial charge in [-0.15, -0.1) is 0 Å². The average molecular weight is 233 g/mol. The Labute approximate surface area is 104 Å². The minimum Gasteiger partial charge on any atom is -0.379 e. The van der Waals surface area contributed by atoms with Crippen molar-refractivity contribution in [2.45, 2.75) is 33.1 Å². The molecule has 1 aromatic carbocycles. The van der Waals surface area contributed by atoms with Crippen molar-refractivity contribution in [2.24, 2.45) is 11.1 Å². The molecule has 2 rings (SSSR count). The molecule has 1 saturated heterocycles. The normalized spacial score (nSPS) is 18.9. The van der Waals surface area contributed by atoms with Crippen LogP contribution in [0.2, 0.25) is 0 Å². The summed E-state index contributed by atoms with van der Waals surface area (Å²) in [7, 11) is 0. The molecule has 0 unspecified atom stereocenters. The van der Waals surface area contributed by atoms with E-state index in [1.807, 2.05) is 0 Å². The van der Waals surface area contributed by atoms with E-state index in [2.05, 4.69) is 45.9 Å². The SMILES string of the molecule is Cc1ccc(C2(C(C)(C)CN)COC2)c(C)c1. The molecule has 2 N–H and O–H groups in total. The number of aryl methyl sites for hydroxylation is 2. The Kier molecular flexibility index (Phi) is 3.04. The highest BCUT2D eigenvalue weighted by molar-refractivity contribution is 5.40. The molecular weight excluding hydrogens is 210 g/mol. The van der Waals surface area contributed by atoms with Gasteiger partial charge in [-0.05, 0) is 36.9 Å². The Bertz CT molecular complexity index is 419. The summed E-state index contributed by atoms with van der Waals surface area (Å²) in [6.45, 7) is 11.1. The third-order valence-electron chi connectivity index (χ3n) is 4.40. The first kappa shape index (κ1) is 12.6. The van der Waals surface area contributed by atoms with Crippen molar-refractivity contribution in [1.82, 2.24) is 0 Å². The zero-order valence-electron chi connectivity index (χ0n) is 11.3. The van der Waals surface area contributed by atoms with Crippen LogP contribution in [0.3, 0.4) is 0 Å². The Balaban J connectivity index is 2.49. The van der Waals surface area contributed by atoms with Gasteiger partial charge in [0, 0.05) is 5.41 Å². The van der Waals surface area contributed by atoms with Crippen LogP contribution >= 0.6 is 0 Å². The molecule has 0 atom stereocenters. The molecule has 0 saturated carbocycles. The van der Waals surface area contributed by atoms with E-state index >= 15 is 0 Å². The lowest BCUT2D eigenvalue weighted by Crippen LogP contribution is -2.59. The van der Waals surface area contributed by atoms with E-state index in [1.165, 1.54) is 16.7 Å². The van der Waals surface area contributed by atoms with Gasteiger partial charge in [0.25, 0.3) is 0 Å². The van der Waals surface area contributed by atoms with Crippen molar-refractivity contribution in [3.05, 3.63) is 34.9 Å². The summed E-state index contributed by atoms with van der Waals surface area (Å²) in [5.41, 5.74) is 10.2. The number of rotatable bonds is 3. The van der Waals surface area contributed by atoms with Crippen LogP contribution in [0.1, 0.15) is 30.5 Å². The van der Waals surface area contributed by atoms with E-state index in [-0.39, 0.29) is 10.8 Å². The second-order valence-electron chi connectivity index (χ2n) is 5.98. The van der Waals surface area contributed by atoms with E-state index in [4.69, 9.17) is 10.5 Å².